The Kier molecular flexibility index (Phi) is 7.56. The Morgan fingerprint density at radius 3 is 2.64 bits per heavy atom. The fraction of sp³-hybridized carbons (Fsp3) is 0.526. The number of aryl methyl sites for hydroxylation is 1. The van der Waals surface area contributed by atoms with Crippen LogP contribution in [0, 0.1) is 6.92 Å². The average Bonchev–Trinajstić information content (AvgIpc) is 2.91. The summed E-state index contributed by atoms with van der Waals surface area (Å²) in [5, 5.41) is 17.6. The van der Waals surface area contributed by atoms with Crippen LogP contribution in [0.5, 0.6) is 0 Å². The lowest BCUT2D eigenvalue weighted by molar-refractivity contribution is 0.120. The molecule has 0 unspecified atom stereocenters. The van der Waals surface area contributed by atoms with Gasteiger partial charge in [-0.2, -0.15) is 0 Å². The summed E-state index contributed by atoms with van der Waals surface area (Å²) < 4.78 is 5.94. The van der Waals surface area contributed by atoms with E-state index in [0.29, 0.717) is 12.6 Å². The molecule has 3 N–H and O–H groups in total. The molecule has 138 valence electrons. The summed E-state index contributed by atoms with van der Waals surface area (Å²) in [7, 11) is 0. The van der Waals surface area contributed by atoms with Crippen molar-refractivity contribution in [1.29, 1.82) is 0 Å². The lowest BCUT2D eigenvalue weighted by Gasteiger charge is -2.27. The minimum atomic E-state index is -0.138. The molecule has 1 aliphatic rings. The van der Waals surface area contributed by atoms with E-state index in [1.165, 1.54) is 0 Å². The van der Waals surface area contributed by atoms with Gasteiger partial charge in [0.15, 0.2) is 5.96 Å². The Balaban J connectivity index is 0.00000225. The molecule has 0 spiro atoms. The summed E-state index contributed by atoms with van der Waals surface area (Å²) in [6.07, 6.45) is 3.55. The number of rotatable bonds is 4. The molecule has 1 aromatic heterocycles. The normalized spacial score (nSPS) is 21.0. The first kappa shape index (κ1) is 20.0. The fourth-order valence-corrected chi connectivity index (χ4v) is 3.26. The van der Waals surface area contributed by atoms with Crippen molar-refractivity contribution in [3.8, 4) is 0 Å². The Hall–Kier alpha value is -1.28. The van der Waals surface area contributed by atoms with Crippen LogP contribution in [0.3, 0.4) is 0 Å². The summed E-state index contributed by atoms with van der Waals surface area (Å²) in [4.78, 5) is 4.69. The number of nitrogens with zero attached hydrogens (tertiary/aromatic N) is 1. The largest absolute Gasteiger partial charge is 0.459 e. The minimum Gasteiger partial charge on any atom is -0.459 e. The van der Waals surface area contributed by atoms with E-state index in [4.69, 9.17) is 9.41 Å². The third kappa shape index (κ3) is 5.10. The van der Waals surface area contributed by atoms with Crippen molar-refractivity contribution in [3.05, 3.63) is 35.6 Å². The predicted octanol–water partition coefficient (Wildman–Crippen LogP) is 3.72. The van der Waals surface area contributed by atoms with Crippen molar-refractivity contribution in [2.75, 3.05) is 6.54 Å². The Morgan fingerprint density at radius 1 is 1.24 bits per heavy atom. The molecule has 25 heavy (non-hydrogen) atoms. The monoisotopic (exact) mass is 457 g/mol. The van der Waals surface area contributed by atoms with Crippen molar-refractivity contribution < 1.29 is 9.52 Å². The van der Waals surface area contributed by atoms with Crippen LogP contribution in [0.2, 0.25) is 0 Å². The van der Waals surface area contributed by atoms with Crippen LogP contribution in [-0.4, -0.2) is 29.8 Å². The van der Waals surface area contributed by atoms with Gasteiger partial charge in [0, 0.05) is 23.5 Å². The van der Waals surface area contributed by atoms with Crippen LogP contribution in [0.15, 0.2) is 33.7 Å². The maximum atomic E-state index is 9.63. The molecule has 1 aromatic carbocycles. The number of aliphatic imine (C=N–C) groups is 1. The summed E-state index contributed by atoms with van der Waals surface area (Å²) in [6, 6.07) is 8.47. The quantitative estimate of drug-likeness (QED) is 0.372. The molecule has 5 nitrogen and oxygen atoms in total. The van der Waals surface area contributed by atoms with E-state index in [2.05, 4.69) is 30.5 Å². The van der Waals surface area contributed by atoms with Gasteiger partial charge in [0.2, 0.25) is 0 Å². The van der Waals surface area contributed by atoms with Crippen molar-refractivity contribution in [3.63, 3.8) is 0 Å². The molecule has 0 atom stereocenters. The number of furan rings is 1. The van der Waals surface area contributed by atoms with Gasteiger partial charge in [0.1, 0.15) is 17.9 Å². The number of para-hydroxylation sites is 1. The Labute approximate surface area is 166 Å². The number of guanidine groups is 1. The third-order valence-corrected chi connectivity index (χ3v) is 4.71. The SMILES string of the molecule is CCNC(=NCc1oc2ccccc2c1C)NC1CCC(O)CC1.I. The van der Waals surface area contributed by atoms with Gasteiger partial charge in [0.05, 0.1) is 6.10 Å². The lowest BCUT2D eigenvalue weighted by Crippen LogP contribution is -2.45. The molecule has 1 heterocycles. The number of nitrogens with one attached hydrogen (secondary N) is 2. The molecule has 2 aromatic rings. The van der Waals surface area contributed by atoms with Gasteiger partial charge in [-0.15, -0.1) is 24.0 Å². The second-order valence-electron chi connectivity index (χ2n) is 6.49. The smallest absolute Gasteiger partial charge is 0.191 e. The molecular formula is C19H28IN3O2. The van der Waals surface area contributed by atoms with Gasteiger partial charge in [0.25, 0.3) is 0 Å². The molecule has 0 saturated heterocycles. The topological polar surface area (TPSA) is 69.8 Å². The molecular weight excluding hydrogens is 429 g/mol. The number of hydrogen-bond donors (Lipinski definition) is 3. The van der Waals surface area contributed by atoms with E-state index in [1.807, 2.05) is 18.2 Å². The highest BCUT2D eigenvalue weighted by molar-refractivity contribution is 14.0. The number of hydrogen-bond acceptors (Lipinski definition) is 3. The summed E-state index contributed by atoms with van der Waals surface area (Å²) in [6.45, 7) is 5.49. The van der Waals surface area contributed by atoms with E-state index >= 15 is 0 Å². The number of benzene rings is 1. The van der Waals surface area contributed by atoms with Crippen LogP contribution in [0.25, 0.3) is 11.0 Å². The highest BCUT2D eigenvalue weighted by Crippen LogP contribution is 2.25. The Morgan fingerprint density at radius 2 is 1.96 bits per heavy atom. The highest BCUT2D eigenvalue weighted by atomic mass is 127. The lowest BCUT2D eigenvalue weighted by atomic mass is 9.93. The zero-order chi connectivity index (χ0) is 16.9. The molecule has 0 aliphatic heterocycles. The molecule has 0 amide bonds. The van der Waals surface area contributed by atoms with Crippen LogP contribution >= 0.6 is 24.0 Å². The van der Waals surface area contributed by atoms with E-state index in [0.717, 1.165) is 60.5 Å². The maximum absolute atomic E-state index is 9.63. The molecule has 1 saturated carbocycles. The molecule has 3 rings (SSSR count). The van der Waals surface area contributed by atoms with Gasteiger partial charge in [-0.05, 0) is 45.6 Å². The zero-order valence-electron chi connectivity index (χ0n) is 14.9. The highest BCUT2D eigenvalue weighted by Gasteiger charge is 2.20. The molecule has 1 aliphatic carbocycles. The van der Waals surface area contributed by atoms with E-state index < -0.39 is 0 Å². The second-order valence-corrected chi connectivity index (χ2v) is 6.49. The van der Waals surface area contributed by atoms with Crippen LogP contribution in [0.4, 0.5) is 0 Å². The average molecular weight is 457 g/mol. The first-order valence-corrected chi connectivity index (χ1v) is 8.87. The van der Waals surface area contributed by atoms with Crippen LogP contribution < -0.4 is 10.6 Å². The van der Waals surface area contributed by atoms with E-state index in [-0.39, 0.29) is 30.1 Å². The van der Waals surface area contributed by atoms with Gasteiger partial charge in [-0.1, -0.05) is 18.2 Å². The number of aliphatic hydroxyl groups excluding tert-OH is 1. The number of aliphatic hydroxyl groups is 1. The predicted molar refractivity (Wildman–Crippen MR) is 113 cm³/mol. The van der Waals surface area contributed by atoms with Gasteiger partial charge >= 0.3 is 0 Å². The third-order valence-electron chi connectivity index (χ3n) is 4.71. The first-order valence-electron chi connectivity index (χ1n) is 8.87. The Bertz CT molecular complexity index is 706. The molecule has 6 heteroatoms. The summed E-state index contributed by atoms with van der Waals surface area (Å²) in [5.74, 6) is 1.73. The second kappa shape index (κ2) is 9.43. The number of fused-ring (bicyclic) bond motifs is 1. The van der Waals surface area contributed by atoms with Crippen molar-refractivity contribution >= 4 is 40.9 Å². The molecule has 0 radical (unpaired) electrons. The van der Waals surface area contributed by atoms with Crippen LogP contribution in [-0.2, 0) is 6.54 Å². The first-order chi connectivity index (χ1) is 11.7. The van der Waals surface area contributed by atoms with Crippen molar-refractivity contribution in [1.82, 2.24) is 10.6 Å². The minimum absolute atomic E-state index is 0. The van der Waals surface area contributed by atoms with E-state index in [9.17, 15) is 5.11 Å². The standard InChI is InChI=1S/C19H27N3O2.HI/c1-3-20-19(22-14-8-10-15(23)11-9-14)21-12-18-13(2)16-6-4-5-7-17(16)24-18;/h4-7,14-15,23H,3,8-12H2,1-2H3,(H2,20,21,22);1H. The molecule has 1 fully saturated rings. The van der Waals surface area contributed by atoms with Gasteiger partial charge < -0.3 is 20.2 Å². The van der Waals surface area contributed by atoms with E-state index in [1.54, 1.807) is 0 Å². The number of halogens is 1. The van der Waals surface area contributed by atoms with Gasteiger partial charge in [-0.25, -0.2) is 4.99 Å². The fourth-order valence-electron chi connectivity index (χ4n) is 3.26. The molecule has 0 bridgehead atoms. The maximum Gasteiger partial charge on any atom is 0.191 e. The van der Waals surface area contributed by atoms with Crippen molar-refractivity contribution in [2.45, 2.75) is 58.2 Å². The summed E-state index contributed by atoms with van der Waals surface area (Å²) >= 11 is 0. The zero-order valence-corrected chi connectivity index (χ0v) is 17.2. The van der Waals surface area contributed by atoms with Crippen LogP contribution in [0.1, 0.15) is 43.9 Å². The van der Waals surface area contributed by atoms with Crippen molar-refractivity contribution in [2.24, 2.45) is 4.99 Å². The van der Waals surface area contributed by atoms with Gasteiger partial charge in [-0.3, -0.25) is 0 Å². The summed E-state index contributed by atoms with van der Waals surface area (Å²) in [5.41, 5.74) is 2.07.